The average molecular weight is 352 g/mol. The maximum absolute atomic E-state index is 13.0. The smallest absolute Gasteiger partial charge is 0.123 e. The lowest BCUT2D eigenvalue weighted by atomic mass is 9.98. The van der Waals surface area contributed by atoms with Crippen molar-refractivity contribution in [2.75, 3.05) is 13.7 Å². The number of rotatable bonds is 6. The second kappa shape index (κ2) is 7.57. The van der Waals surface area contributed by atoms with E-state index in [1.165, 1.54) is 12.1 Å². The van der Waals surface area contributed by atoms with Crippen molar-refractivity contribution in [2.45, 2.75) is 19.4 Å². The Kier molecular flexibility index (Phi) is 5.76. The van der Waals surface area contributed by atoms with Crippen LogP contribution < -0.4 is 10.1 Å². The number of likely N-dealkylation sites (N-methyl/N-ethyl adjacent to an activating group) is 1. The SMILES string of the molecule is CCNC(Cc1ccc(F)cc1)c1cc(OC)ccc1Br. The molecule has 1 N–H and O–H groups in total. The van der Waals surface area contributed by atoms with Crippen LogP contribution in [0.3, 0.4) is 0 Å². The van der Waals surface area contributed by atoms with Crippen LogP contribution in [0.4, 0.5) is 4.39 Å². The van der Waals surface area contributed by atoms with E-state index in [1.807, 2.05) is 30.3 Å². The molecule has 0 heterocycles. The molecule has 2 aromatic rings. The zero-order chi connectivity index (χ0) is 15.2. The van der Waals surface area contributed by atoms with Crippen LogP contribution in [0.5, 0.6) is 5.75 Å². The first-order chi connectivity index (χ1) is 10.1. The zero-order valence-electron chi connectivity index (χ0n) is 12.2. The van der Waals surface area contributed by atoms with Crippen LogP contribution >= 0.6 is 15.9 Å². The van der Waals surface area contributed by atoms with Gasteiger partial charge in [0.1, 0.15) is 11.6 Å². The molecule has 0 saturated heterocycles. The van der Waals surface area contributed by atoms with Crippen LogP contribution in [0.2, 0.25) is 0 Å². The molecule has 1 unspecified atom stereocenters. The van der Waals surface area contributed by atoms with E-state index in [0.717, 1.165) is 34.3 Å². The van der Waals surface area contributed by atoms with Crippen LogP contribution in [-0.4, -0.2) is 13.7 Å². The topological polar surface area (TPSA) is 21.3 Å². The Hall–Kier alpha value is -1.39. The van der Waals surface area contributed by atoms with Crippen LogP contribution in [0.15, 0.2) is 46.9 Å². The summed E-state index contributed by atoms with van der Waals surface area (Å²) in [6.07, 6.45) is 0.792. The van der Waals surface area contributed by atoms with Gasteiger partial charge in [0.15, 0.2) is 0 Å². The molecule has 0 spiro atoms. The first-order valence-corrected chi connectivity index (χ1v) is 7.74. The molecule has 1 atom stereocenters. The predicted octanol–water partition coefficient (Wildman–Crippen LogP) is 4.49. The highest BCUT2D eigenvalue weighted by Crippen LogP contribution is 2.29. The van der Waals surface area contributed by atoms with Gasteiger partial charge in [-0.1, -0.05) is 35.0 Å². The second-order valence-corrected chi connectivity index (χ2v) is 5.68. The number of hydrogen-bond acceptors (Lipinski definition) is 2. The molecule has 2 rings (SSSR count). The van der Waals surface area contributed by atoms with E-state index in [-0.39, 0.29) is 11.9 Å². The molecule has 2 nitrogen and oxygen atoms in total. The van der Waals surface area contributed by atoms with E-state index in [2.05, 4.69) is 28.2 Å². The molecule has 0 amide bonds. The van der Waals surface area contributed by atoms with Gasteiger partial charge in [-0.05, 0) is 54.4 Å². The van der Waals surface area contributed by atoms with Gasteiger partial charge in [0.05, 0.1) is 7.11 Å². The summed E-state index contributed by atoms with van der Waals surface area (Å²) in [7, 11) is 1.66. The molecule has 0 saturated carbocycles. The Morgan fingerprint density at radius 3 is 2.52 bits per heavy atom. The molecule has 0 aliphatic rings. The van der Waals surface area contributed by atoms with Crippen LogP contribution in [0.1, 0.15) is 24.1 Å². The molecular weight excluding hydrogens is 333 g/mol. The Morgan fingerprint density at radius 1 is 1.19 bits per heavy atom. The lowest BCUT2D eigenvalue weighted by Crippen LogP contribution is -2.23. The first-order valence-electron chi connectivity index (χ1n) is 6.95. The van der Waals surface area contributed by atoms with Gasteiger partial charge in [0.25, 0.3) is 0 Å². The maximum atomic E-state index is 13.0. The summed E-state index contributed by atoms with van der Waals surface area (Å²) < 4.78 is 19.4. The van der Waals surface area contributed by atoms with Gasteiger partial charge in [-0.25, -0.2) is 4.39 Å². The Labute approximate surface area is 133 Å². The van der Waals surface area contributed by atoms with Gasteiger partial charge in [-0.2, -0.15) is 0 Å². The first kappa shape index (κ1) is 16.0. The summed E-state index contributed by atoms with van der Waals surface area (Å²) in [5, 5.41) is 3.47. The number of benzene rings is 2. The molecule has 4 heteroatoms. The summed E-state index contributed by atoms with van der Waals surface area (Å²) in [6.45, 7) is 2.93. The summed E-state index contributed by atoms with van der Waals surface area (Å²) >= 11 is 3.60. The summed E-state index contributed by atoms with van der Waals surface area (Å²) in [5.74, 6) is 0.622. The van der Waals surface area contributed by atoms with Crippen molar-refractivity contribution in [1.82, 2.24) is 5.32 Å². The van der Waals surface area contributed by atoms with Crippen molar-refractivity contribution in [3.63, 3.8) is 0 Å². The zero-order valence-corrected chi connectivity index (χ0v) is 13.8. The van der Waals surface area contributed by atoms with Gasteiger partial charge in [0, 0.05) is 10.5 Å². The van der Waals surface area contributed by atoms with Crippen LogP contribution in [-0.2, 0) is 6.42 Å². The van der Waals surface area contributed by atoms with E-state index in [4.69, 9.17) is 4.74 Å². The fraction of sp³-hybridized carbons (Fsp3) is 0.294. The molecule has 0 aliphatic heterocycles. The highest BCUT2D eigenvalue weighted by molar-refractivity contribution is 9.10. The minimum atomic E-state index is -0.207. The molecule has 0 fully saturated rings. The van der Waals surface area contributed by atoms with Crippen LogP contribution in [0.25, 0.3) is 0 Å². The Balaban J connectivity index is 2.27. The van der Waals surface area contributed by atoms with E-state index in [9.17, 15) is 4.39 Å². The second-order valence-electron chi connectivity index (χ2n) is 4.83. The number of methoxy groups -OCH3 is 1. The lowest BCUT2D eigenvalue weighted by molar-refractivity contribution is 0.412. The van der Waals surface area contributed by atoms with Gasteiger partial charge >= 0.3 is 0 Å². The molecular formula is C17H19BrFNO. The van der Waals surface area contributed by atoms with Crippen molar-refractivity contribution >= 4 is 15.9 Å². The fourth-order valence-corrected chi connectivity index (χ4v) is 2.83. The molecule has 0 radical (unpaired) electrons. The largest absolute Gasteiger partial charge is 0.497 e. The molecule has 112 valence electrons. The van der Waals surface area contributed by atoms with E-state index >= 15 is 0 Å². The van der Waals surface area contributed by atoms with E-state index in [0.29, 0.717) is 0 Å². The Morgan fingerprint density at radius 2 is 1.90 bits per heavy atom. The number of hydrogen-bond donors (Lipinski definition) is 1. The third-order valence-electron chi connectivity index (χ3n) is 3.38. The van der Waals surface area contributed by atoms with Crippen molar-refractivity contribution < 1.29 is 9.13 Å². The van der Waals surface area contributed by atoms with E-state index in [1.54, 1.807) is 7.11 Å². The number of ether oxygens (including phenoxy) is 1. The van der Waals surface area contributed by atoms with Crippen molar-refractivity contribution in [3.8, 4) is 5.75 Å². The monoisotopic (exact) mass is 351 g/mol. The standard InChI is InChI=1S/C17H19BrFNO/c1-3-20-17(10-12-4-6-13(19)7-5-12)15-11-14(21-2)8-9-16(15)18/h4-9,11,17,20H,3,10H2,1-2H3. The summed E-state index contributed by atoms with van der Waals surface area (Å²) in [4.78, 5) is 0. The van der Waals surface area contributed by atoms with Gasteiger partial charge in [0.2, 0.25) is 0 Å². The number of halogens is 2. The minimum Gasteiger partial charge on any atom is -0.497 e. The van der Waals surface area contributed by atoms with Crippen molar-refractivity contribution in [3.05, 3.63) is 63.9 Å². The quantitative estimate of drug-likeness (QED) is 0.827. The molecule has 21 heavy (non-hydrogen) atoms. The fourth-order valence-electron chi connectivity index (χ4n) is 2.31. The average Bonchev–Trinajstić information content (AvgIpc) is 2.49. The van der Waals surface area contributed by atoms with Crippen LogP contribution in [0, 0.1) is 5.82 Å². The minimum absolute atomic E-state index is 0.143. The molecule has 2 aromatic carbocycles. The van der Waals surface area contributed by atoms with Gasteiger partial charge in [-0.3, -0.25) is 0 Å². The van der Waals surface area contributed by atoms with Gasteiger partial charge < -0.3 is 10.1 Å². The highest BCUT2D eigenvalue weighted by Gasteiger charge is 2.15. The molecule has 0 aromatic heterocycles. The van der Waals surface area contributed by atoms with Gasteiger partial charge in [-0.15, -0.1) is 0 Å². The number of nitrogens with one attached hydrogen (secondary N) is 1. The summed E-state index contributed by atoms with van der Waals surface area (Å²) in [6, 6.07) is 12.7. The normalized spacial score (nSPS) is 12.2. The highest BCUT2D eigenvalue weighted by atomic mass is 79.9. The maximum Gasteiger partial charge on any atom is 0.123 e. The third-order valence-corrected chi connectivity index (χ3v) is 4.10. The van der Waals surface area contributed by atoms with Crippen molar-refractivity contribution in [1.29, 1.82) is 0 Å². The van der Waals surface area contributed by atoms with Crippen molar-refractivity contribution in [2.24, 2.45) is 0 Å². The predicted molar refractivity (Wildman–Crippen MR) is 87.2 cm³/mol. The molecule has 0 aliphatic carbocycles. The Bertz CT molecular complexity index is 586. The summed E-state index contributed by atoms with van der Waals surface area (Å²) in [5.41, 5.74) is 2.23. The lowest BCUT2D eigenvalue weighted by Gasteiger charge is -2.20. The third kappa shape index (κ3) is 4.29. The van der Waals surface area contributed by atoms with E-state index < -0.39 is 0 Å². The molecule has 0 bridgehead atoms.